The summed E-state index contributed by atoms with van der Waals surface area (Å²) >= 11 is 0. The summed E-state index contributed by atoms with van der Waals surface area (Å²) in [4.78, 5) is 0. The molecular formula is C53H52. The first kappa shape index (κ1) is 31.2. The molecule has 9 aliphatic carbocycles. The Bertz CT molecular complexity index is 2460. The second kappa shape index (κ2) is 11.9. The highest BCUT2D eigenvalue weighted by Gasteiger charge is 2.49. The predicted molar refractivity (Wildman–Crippen MR) is 226 cm³/mol. The summed E-state index contributed by atoms with van der Waals surface area (Å²) in [6, 6.07) is 7.87. The first-order chi connectivity index (χ1) is 26.3. The van der Waals surface area contributed by atoms with Crippen LogP contribution in [0, 0.1) is 18.8 Å². The van der Waals surface area contributed by atoms with Gasteiger partial charge in [-0.3, -0.25) is 0 Å². The molecule has 2 fully saturated rings. The number of fused-ring (bicyclic) bond motifs is 8. The first-order valence-corrected chi connectivity index (χ1v) is 21.7. The summed E-state index contributed by atoms with van der Waals surface area (Å²) < 4.78 is 0. The zero-order chi connectivity index (χ0) is 34.8. The van der Waals surface area contributed by atoms with Crippen LogP contribution in [0.2, 0.25) is 0 Å². The lowest BCUT2D eigenvalue weighted by Gasteiger charge is -2.39. The van der Waals surface area contributed by atoms with E-state index in [-0.39, 0.29) is 0 Å². The van der Waals surface area contributed by atoms with E-state index in [2.05, 4.69) is 85.9 Å². The van der Waals surface area contributed by atoms with Gasteiger partial charge in [-0.15, -0.1) is 0 Å². The number of hydrogen-bond donors (Lipinski definition) is 0. The Balaban J connectivity index is 1.25. The Morgan fingerprint density at radius 1 is 0.585 bits per heavy atom. The van der Waals surface area contributed by atoms with Gasteiger partial charge in [0.05, 0.1) is 0 Å². The van der Waals surface area contributed by atoms with E-state index in [0.29, 0.717) is 23.7 Å². The van der Waals surface area contributed by atoms with Crippen LogP contribution in [0.25, 0.3) is 43.8 Å². The van der Waals surface area contributed by atoms with Gasteiger partial charge >= 0.3 is 0 Å². The third kappa shape index (κ3) is 4.36. The summed E-state index contributed by atoms with van der Waals surface area (Å²) in [7, 11) is 0. The van der Waals surface area contributed by atoms with Crippen LogP contribution in [0.1, 0.15) is 154 Å². The number of rotatable bonds is 3. The summed E-state index contributed by atoms with van der Waals surface area (Å²) in [5, 5.41) is 6.44. The van der Waals surface area contributed by atoms with Crippen molar-refractivity contribution in [2.45, 2.75) is 121 Å². The standard InChI is InChI=1S/C53H52/c1-31-25-26-40-49-42(38-23-13-14-24-39(38)45(31)49)30-44-46(33-17-7-3-8-18-33)52-41-28-27-37(32-15-5-2-6-16-32)48-36-22-12-11-21-35(36)29-43(51(41)48)53(52)47(50(40)44)34-19-9-4-10-20-34/h2,5,12,14-15,22,24-30,33-34,48,51H,3-4,6-11,13,16-21,23H2,1H3. The third-order valence-electron chi connectivity index (χ3n) is 15.3. The number of allylic oxidation sites excluding steroid dienone is 18. The van der Waals surface area contributed by atoms with E-state index >= 15 is 0 Å². The van der Waals surface area contributed by atoms with Crippen molar-refractivity contribution in [2.24, 2.45) is 11.8 Å². The van der Waals surface area contributed by atoms with Crippen molar-refractivity contribution in [2.75, 3.05) is 0 Å². The highest BCUT2D eigenvalue weighted by Crippen LogP contribution is 2.65. The number of benzene rings is 3. The van der Waals surface area contributed by atoms with Crippen molar-refractivity contribution in [1.82, 2.24) is 0 Å². The first-order valence-electron chi connectivity index (χ1n) is 21.7. The van der Waals surface area contributed by atoms with E-state index < -0.39 is 0 Å². The monoisotopic (exact) mass is 688 g/mol. The highest BCUT2D eigenvalue weighted by atomic mass is 14.5. The molecule has 2 unspecified atom stereocenters. The summed E-state index contributed by atoms with van der Waals surface area (Å²) in [6.07, 6.45) is 45.8. The topological polar surface area (TPSA) is 0 Å². The summed E-state index contributed by atoms with van der Waals surface area (Å²) in [5.74, 6) is 2.11. The molecule has 0 saturated heterocycles. The molecule has 0 heterocycles. The maximum atomic E-state index is 2.79. The molecule has 2 atom stereocenters. The molecule has 0 spiro atoms. The fourth-order valence-corrected chi connectivity index (χ4v) is 13.1. The fourth-order valence-electron chi connectivity index (χ4n) is 13.1. The van der Waals surface area contributed by atoms with Gasteiger partial charge in [-0.05, 0) is 194 Å². The van der Waals surface area contributed by atoms with E-state index in [1.54, 1.807) is 93.9 Å². The molecule has 0 aliphatic heterocycles. The van der Waals surface area contributed by atoms with E-state index in [0.717, 1.165) is 12.8 Å². The summed E-state index contributed by atoms with van der Waals surface area (Å²) in [5.41, 5.74) is 24.4. The molecule has 0 bridgehead atoms. The maximum absolute atomic E-state index is 2.79. The third-order valence-corrected chi connectivity index (χ3v) is 15.3. The molecular weight excluding hydrogens is 637 g/mol. The van der Waals surface area contributed by atoms with Crippen LogP contribution in [0.4, 0.5) is 0 Å². The van der Waals surface area contributed by atoms with E-state index in [1.807, 2.05) is 0 Å². The molecule has 0 nitrogen and oxygen atoms in total. The van der Waals surface area contributed by atoms with Crippen molar-refractivity contribution in [3.63, 3.8) is 0 Å². The minimum absolute atomic E-state index is 0.425. The maximum Gasteiger partial charge on any atom is 0.0212 e. The molecule has 3 aromatic carbocycles. The van der Waals surface area contributed by atoms with Gasteiger partial charge in [0.1, 0.15) is 0 Å². The average Bonchev–Trinajstić information content (AvgIpc) is 3.73. The van der Waals surface area contributed by atoms with Crippen molar-refractivity contribution in [1.29, 1.82) is 0 Å². The molecule has 12 rings (SSSR count). The number of hydrogen-bond acceptors (Lipinski definition) is 0. The van der Waals surface area contributed by atoms with Crippen molar-refractivity contribution in [3.8, 4) is 0 Å². The van der Waals surface area contributed by atoms with Crippen LogP contribution in [-0.4, -0.2) is 0 Å². The lowest BCUT2D eigenvalue weighted by molar-refractivity contribution is 0.441. The zero-order valence-corrected chi connectivity index (χ0v) is 31.6. The van der Waals surface area contributed by atoms with Crippen molar-refractivity contribution < 1.29 is 0 Å². The Morgan fingerprint density at radius 2 is 1.32 bits per heavy atom. The number of aryl methyl sites for hydroxylation is 1. The molecule has 264 valence electrons. The second-order valence-corrected chi connectivity index (χ2v) is 18.0. The van der Waals surface area contributed by atoms with Gasteiger partial charge in [0.25, 0.3) is 0 Å². The van der Waals surface area contributed by atoms with Gasteiger partial charge in [0.15, 0.2) is 0 Å². The van der Waals surface area contributed by atoms with Crippen molar-refractivity contribution in [3.05, 3.63) is 140 Å². The smallest absolute Gasteiger partial charge is 0.0212 e. The Labute approximate surface area is 316 Å². The van der Waals surface area contributed by atoms with Crippen LogP contribution in [0.3, 0.4) is 0 Å². The second-order valence-electron chi connectivity index (χ2n) is 18.0. The highest BCUT2D eigenvalue weighted by molar-refractivity contribution is 6.26. The molecule has 3 aromatic rings. The van der Waals surface area contributed by atoms with Gasteiger partial charge in [0.2, 0.25) is 0 Å². The lowest BCUT2D eigenvalue weighted by atomic mass is 9.64. The van der Waals surface area contributed by atoms with E-state index in [9.17, 15) is 0 Å². The predicted octanol–water partition coefficient (Wildman–Crippen LogP) is 14.9. The minimum Gasteiger partial charge on any atom is -0.0842 e. The van der Waals surface area contributed by atoms with Crippen molar-refractivity contribution >= 4 is 43.8 Å². The van der Waals surface area contributed by atoms with Crippen LogP contribution in [-0.2, 0) is 0 Å². The molecule has 53 heavy (non-hydrogen) atoms. The Morgan fingerprint density at radius 3 is 2.13 bits per heavy atom. The zero-order valence-electron chi connectivity index (χ0n) is 31.6. The molecule has 0 N–H and O–H groups in total. The quantitative estimate of drug-likeness (QED) is 0.240. The van der Waals surface area contributed by atoms with E-state index in [1.165, 1.54) is 101 Å². The van der Waals surface area contributed by atoms with Gasteiger partial charge in [-0.25, -0.2) is 0 Å². The molecule has 9 aliphatic rings. The van der Waals surface area contributed by atoms with E-state index in [4.69, 9.17) is 0 Å². The van der Waals surface area contributed by atoms with Gasteiger partial charge < -0.3 is 0 Å². The molecule has 2 saturated carbocycles. The summed E-state index contributed by atoms with van der Waals surface area (Å²) in [6.45, 7) is 2.37. The van der Waals surface area contributed by atoms with Gasteiger partial charge in [-0.2, -0.15) is 0 Å². The van der Waals surface area contributed by atoms with Crippen LogP contribution >= 0.6 is 0 Å². The van der Waals surface area contributed by atoms with Gasteiger partial charge in [-0.1, -0.05) is 111 Å². The van der Waals surface area contributed by atoms with Crippen LogP contribution in [0.15, 0.2) is 101 Å². The normalized spacial score (nSPS) is 26.1. The molecule has 0 heteroatoms. The average molecular weight is 689 g/mol. The van der Waals surface area contributed by atoms with Crippen LogP contribution < -0.4 is 0 Å². The molecule has 0 aromatic heterocycles. The Hall–Kier alpha value is -4.16. The lowest BCUT2D eigenvalue weighted by Crippen LogP contribution is -2.26. The van der Waals surface area contributed by atoms with Crippen LogP contribution in [0.5, 0.6) is 0 Å². The molecule has 0 radical (unpaired) electrons. The Kier molecular flexibility index (Phi) is 7.02. The fraction of sp³-hybridized carbons (Fsp3) is 0.396. The SMILES string of the molecule is Cc1ccc2c3c(cc4c(C5CCCCC5)c5c(c(C6CCCCC6)c42)C2=CC4=C(C=CCC4)C4C(C6=CC=CCC6)=CC=C5C24)C2=C(C=CCC2)c13. The van der Waals surface area contributed by atoms with Gasteiger partial charge in [0, 0.05) is 11.8 Å². The molecule has 0 amide bonds. The largest absolute Gasteiger partial charge is 0.0842 e. The minimum atomic E-state index is 0.425.